The Balaban J connectivity index is 1.70. The second-order valence-corrected chi connectivity index (χ2v) is 8.86. The summed E-state index contributed by atoms with van der Waals surface area (Å²) in [5.41, 5.74) is 0.523. The van der Waals surface area contributed by atoms with E-state index in [1.54, 1.807) is 47.4 Å². The smallest absolute Gasteiger partial charge is 0.417 e. The summed E-state index contributed by atoms with van der Waals surface area (Å²) < 4.78 is 46.0. The topological polar surface area (TPSA) is 29.5 Å². The van der Waals surface area contributed by atoms with Crippen LogP contribution in [0, 0.1) is 5.92 Å². The van der Waals surface area contributed by atoms with Crippen molar-refractivity contribution in [3.05, 3.63) is 59.7 Å². The van der Waals surface area contributed by atoms with Crippen LogP contribution >= 0.6 is 0 Å². The molecule has 0 saturated carbocycles. The van der Waals surface area contributed by atoms with Crippen LogP contribution in [0.4, 0.5) is 18.0 Å². The summed E-state index contributed by atoms with van der Waals surface area (Å²) in [5, 5.41) is 0. The first-order valence-electron chi connectivity index (χ1n) is 10.3. The van der Waals surface area contributed by atoms with Crippen LogP contribution in [0.15, 0.2) is 48.5 Å². The first kappa shape index (κ1) is 22.2. The highest BCUT2D eigenvalue weighted by molar-refractivity contribution is 5.69. The van der Waals surface area contributed by atoms with E-state index >= 15 is 0 Å². The number of hydrogen-bond acceptors (Lipinski definition) is 2. The van der Waals surface area contributed by atoms with Crippen LogP contribution in [0.25, 0.3) is 11.1 Å². The number of hydrogen-bond donors (Lipinski definition) is 0. The Morgan fingerprint density at radius 2 is 1.67 bits per heavy atom. The maximum absolute atomic E-state index is 13.5. The summed E-state index contributed by atoms with van der Waals surface area (Å²) in [4.78, 5) is 13.9. The third-order valence-electron chi connectivity index (χ3n) is 5.26. The van der Waals surface area contributed by atoms with Crippen LogP contribution in [0.2, 0.25) is 0 Å². The Bertz CT molecular complexity index is 864. The van der Waals surface area contributed by atoms with E-state index in [0.717, 1.165) is 18.4 Å². The molecule has 1 aliphatic rings. The van der Waals surface area contributed by atoms with Crippen molar-refractivity contribution >= 4 is 6.09 Å². The molecule has 0 aromatic heterocycles. The molecule has 2 aromatic carbocycles. The zero-order valence-corrected chi connectivity index (χ0v) is 17.6. The number of piperidine rings is 1. The Hall–Kier alpha value is -2.50. The number of nitrogens with zero attached hydrogens (tertiary/aromatic N) is 1. The van der Waals surface area contributed by atoms with E-state index in [4.69, 9.17) is 4.74 Å². The zero-order chi connectivity index (χ0) is 21.9. The lowest BCUT2D eigenvalue weighted by molar-refractivity contribution is -0.137. The lowest BCUT2D eigenvalue weighted by Gasteiger charge is -2.33. The van der Waals surface area contributed by atoms with Crippen LogP contribution in [0.5, 0.6) is 0 Å². The number of amides is 1. The fourth-order valence-electron chi connectivity index (χ4n) is 3.80. The predicted molar refractivity (Wildman–Crippen MR) is 111 cm³/mol. The van der Waals surface area contributed by atoms with Crippen LogP contribution in [0.3, 0.4) is 0 Å². The van der Waals surface area contributed by atoms with Gasteiger partial charge in [0, 0.05) is 13.1 Å². The summed E-state index contributed by atoms with van der Waals surface area (Å²) in [5.74, 6) is 0.323. The average molecular weight is 419 g/mol. The van der Waals surface area contributed by atoms with E-state index in [0.29, 0.717) is 31.0 Å². The summed E-state index contributed by atoms with van der Waals surface area (Å²) in [6, 6.07) is 13.1. The molecule has 3 nitrogen and oxygen atoms in total. The van der Waals surface area contributed by atoms with Crippen molar-refractivity contribution in [3.8, 4) is 11.1 Å². The first-order valence-corrected chi connectivity index (χ1v) is 10.3. The molecule has 162 valence electrons. The summed E-state index contributed by atoms with van der Waals surface area (Å²) in [6.07, 6.45) is -2.40. The molecule has 2 aromatic rings. The molecular formula is C24H28F3NO2. The van der Waals surface area contributed by atoms with Gasteiger partial charge in [-0.05, 0) is 68.7 Å². The minimum absolute atomic E-state index is 0.215. The van der Waals surface area contributed by atoms with Gasteiger partial charge >= 0.3 is 12.3 Å². The maximum Gasteiger partial charge on any atom is 0.417 e. The molecule has 3 rings (SSSR count). The Labute approximate surface area is 175 Å². The highest BCUT2D eigenvalue weighted by Crippen LogP contribution is 2.38. The third-order valence-corrected chi connectivity index (χ3v) is 5.26. The number of ether oxygens (including phenoxy) is 1. The summed E-state index contributed by atoms with van der Waals surface area (Å²) in [7, 11) is 0. The fraction of sp³-hybridized carbons (Fsp3) is 0.458. The van der Waals surface area contributed by atoms with E-state index < -0.39 is 17.3 Å². The van der Waals surface area contributed by atoms with Gasteiger partial charge in [-0.3, -0.25) is 0 Å². The van der Waals surface area contributed by atoms with Crippen LogP contribution in [-0.2, 0) is 17.3 Å². The van der Waals surface area contributed by atoms with E-state index in [1.807, 2.05) is 20.8 Å². The molecule has 0 unspecified atom stereocenters. The second-order valence-electron chi connectivity index (χ2n) is 8.86. The minimum Gasteiger partial charge on any atom is -0.444 e. The van der Waals surface area contributed by atoms with Gasteiger partial charge in [-0.25, -0.2) is 4.79 Å². The van der Waals surface area contributed by atoms with Gasteiger partial charge in [-0.1, -0.05) is 42.5 Å². The SMILES string of the molecule is CC(C)(C)OC(=O)N1CCC(Cc2ccc(C(F)(F)F)c(-c3ccccc3)c2)CC1. The lowest BCUT2D eigenvalue weighted by atomic mass is 9.88. The van der Waals surface area contributed by atoms with Crippen molar-refractivity contribution in [2.75, 3.05) is 13.1 Å². The largest absolute Gasteiger partial charge is 0.444 e. The molecule has 0 aliphatic carbocycles. The molecular weight excluding hydrogens is 391 g/mol. The van der Waals surface area contributed by atoms with Crippen molar-refractivity contribution in [1.82, 2.24) is 4.90 Å². The Morgan fingerprint density at radius 1 is 1.03 bits per heavy atom. The van der Waals surface area contributed by atoms with Gasteiger partial charge in [0.05, 0.1) is 5.56 Å². The molecule has 1 amide bonds. The van der Waals surface area contributed by atoms with E-state index in [9.17, 15) is 18.0 Å². The molecule has 0 bridgehead atoms. The van der Waals surface area contributed by atoms with Gasteiger partial charge in [0.15, 0.2) is 0 Å². The van der Waals surface area contributed by atoms with Crippen molar-refractivity contribution in [3.63, 3.8) is 0 Å². The molecule has 1 fully saturated rings. The van der Waals surface area contributed by atoms with Crippen LogP contribution in [0.1, 0.15) is 44.7 Å². The fourth-order valence-corrected chi connectivity index (χ4v) is 3.80. The summed E-state index contributed by atoms with van der Waals surface area (Å²) in [6.45, 7) is 6.73. The standard InChI is InChI=1S/C24H28F3NO2/c1-23(2,3)30-22(29)28-13-11-17(12-14-28)15-18-9-10-21(24(25,26)27)20(16-18)19-7-5-4-6-8-19/h4-10,16-17H,11-15H2,1-3H3. The highest BCUT2D eigenvalue weighted by Gasteiger charge is 2.34. The average Bonchev–Trinajstić information content (AvgIpc) is 2.67. The predicted octanol–water partition coefficient (Wildman–Crippen LogP) is 6.56. The molecule has 1 aliphatic heterocycles. The van der Waals surface area contributed by atoms with Crippen molar-refractivity contribution in [2.45, 2.75) is 51.8 Å². The van der Waals surface area contributed by atoms with Gasteiger partial charge in [0.2, 0.25) is 0 Å². The number of carbonyl (C=O) groups is 1. The van der Waals surface area contributed by atoms with Crippen LogP contribution < -0.4 is 0 Å². The highest BCUT2D eigenvalue weighted by atomic mass is 19.4. The zero-order valence-electron chi connectivity index (χ0n) is 17.6. The monoisotopic (exact) mass is 419 g/mol. The number of rotatable bonds is 3. The number of alkyl halides is 3. The molecule has 1 saturated heterocycles. The van der Waals surface area contributed by atoms with Crippen molar-refractivity contribution < 1.29 is 22.7 Å². The minimum atomic E-state index is -4.40. The molecule has 30 heavy (non-hydrogen) atoms. The van der Waals surface area contributed by atoms with Gasteiger partial charge in [-0.15, -0.1) is 0 Å². The molecule has 6 heteroatoms. The Morgan fingerprint density at radius 3 is 2.23 bits per heavy atom. The summed E-state index contributed by atoms with van der Waals surface area (Å²) >= 11 is 0. The quantitative estimate of drug-likeness (QED) is 0.564. The molecule has 1 heterocycles. The van der Waals surface area contributed by atoms with Gasteiger partial charge in [-0.2, -0.15) is 13.2 Å². The molecule has 0 spiro atoms. The molecule has 0 N–H and O–H groups in total. The van der Waals surface area contributed by atoms with Gasteiger partial charge in [0.25, 0.3) is 0 Å². The van der Waals surface area contributed by atoms with E-state index in [2.05, 4.69) is 0 Å². The normalized spacial score (nSPS) is 15.9. The van der Waals surface area contributed by atoms with E-state index in [1.165, 1.54) is 6.07 Å². The van der Waals surface area contributed by atoms with E-state index in [-0.39, 0.29) is 11.7 Å². The van der Waals surface area contributed by atoms with Crippen LogP contribution in [-0.4, -0.2) is 29.7 Å². The maximum atomic E-state index is 13.5. The van der Waals surface area contributed by atoms with Crippen molar-refractivity contribution in [1.29, 1.82) is 0 Å². The number of carbonyl (C=O) groups excluding carboxylic acids is 1. The third kappa shape index (κ3) is 5.77. The number of benzene rings is 2. The Kier molecular flexibility index (Phi) is 6.44. The number of halogens is 3. The van der Waals surface area contributed by atoms with Gasteiger partial charge in [0.1, 0.15) is 5.60 Å². The first-order chi connectivity index (χ1) is 14.0. The van der Waals surface area contributed by atoms with Gasteiger partial charge < -0.3 is 9.64 Å². The lowest BCUT2D eigenvalue weighted by Crippen LogP contribution is -2.42. The molecule has 0 radical (unpaired) electrons. The van der Waals surface area contributed by atoms with Crippen molar-refractivity contribution in [2.24, 2.45) is 5.92 Å². The molecule has 0 atom stereocenters. The number of likely N-dealkylation sites (tertiary alicyclic amines) is 1. The second kappa shape index (κ2) is 8.70.